The van der Waals surface area contributed by atoms with Gasteiger partial charge < -0.3 is 10.0 Å². The number of piperidine rings is 1. The first-order valence-corrected chi connectivity index (χ1v) is 4.10. The van der Waals surface area contributed by atoms with E-state index in [0.29, 0.717) is 5.92 Å². The number of nitrogens with zero attached hydrogens (tertiary/aromatic N) is 1. The van der Waals surface area contributed by atoms with Crippen molar-refractivity contribution in [3.05, 3.63) is 0 Å². The van der Waals surface area contributed by atoms with Gasteiger partial charge in [0.15, 0.2) is 0 Å². The summed E-state index contributed by atoms with van der Waals surface area (Å²) in [4.78, 5) is 12.7. The number of rotatable bonds is 1. The molecule has 64 valence electrons. The molecule has 0 aromatic carbocycles. The zero-order valence-electron chi connectivity index (χ0n) is 6.92. The van der Waals surface area contributed by atoms with Gasteiger partial charge in [-0.1, -0.05) is 0 Å². The number of aliphatic hydroxyl groups excluding tert-OH is 1. The molecule has 1 aliphatic heterocycles. The highest BCUT2D eigenvalue weighted by molar-refractivity contribution is 5.73. The van der Waals surface area contributed by atoms with Crippen LogP contribution in [0.2, 0.25) is 0 Å². The van der Waals surface area contributed by atoms with Gasteiger partial charge in [0.1, 0.15) is 0 Å². The number of hydrogen-bond acceptors (Lipinski definition) is 2. The third-order valence-corrected chi connectivity index (χ3v) is 2.22. The number of carbonyl (C=O) groups excluding carboxylic acids is 1. The van der Waals surface area contributed by atoms with Gasteiger partial charge in [-0.3, -0.25) is 4.79 Å². The largest absolute Gasteiger partial charge is 0.396 e. The highest BCUT2D eigenvalue weighted by atomic mass is 16.3. The van der Waals surface area contributed by atoms with Crippen molar-refractivity contribution >= 4 is 5.91 Å². The van der Waals surface area contributed by atoms with Gasteiger partial charge in [-0.15, -0.1) is 0 Å². The second-order valence-electron chi connectivity index (χ2n) is 3.16. The van der Waals surface area contributed by atoms with Gasteiger partial charge in [0.2, 0.25) is 5.91 Å². The lowest BCUT2D eigenvalue weighted by atomic mass is 9.99. The fraction of sp³-hybridized carbons (Fsp3) is 0.875. The minimum absolute atomic E-state index is 0.128. The van der Waals surface area contributed by atoms with Crippen LogP contribution in [-0.2, 0) is 4.79 Å². The highest BCUT2D eigenvalue weighted by Crippen LogP contribution is 2.15. The lowest BCUT2D eigenvalue weighted by Gasteiger charge is -2.30. The summed E-state index contributed by atoms with van der Waals surface area (Å²) in [5.74, 6) is 0.441. The maximum absolute atomic E-state index is 10.9. The van der Waals surface area contributed by atoms with Crippen LogP contribution in [0.25, 0.3) is 0 Å². The van der Waals surface area contributed by atoms with Crippen molar-refractivity contribution in [3.63, 3.8) is 0 Å². The van der Waals surface area contributed by atoms with E-state index in [1.54, 1.807) is 6.92 Å². The van der Waals surface area contributed by atoms with Crippen molar-refractivity contribution in [1.82, 2.24) is 4.90 Å². The van der Waals surface area contributed by atoms with Gasteiger partial charge in [0.05, 0.1) is 0 Å². The molecule has 1 saturated heterocycles. The Morgan fingerprint density at radius 2 is 2.45 bits per heavy atom. The number of aliphatic hydroxyl groups is 1. The number of carbonyl (C=O) groups is 1. The average molecular weight is 157 g/mol. The maximum atomic E-state index is 10.9. The van der Waals surface area contributed by atoms with Crippen LogP contribution in [0.3, 0.4) is 0 Å². The van der Waals surface area contributed by atoms with E-state index in [0.717, 1.165) is 25.9 Å². The van der Waals surface area contributed by atoms with Crippen LogP contribution in [-0.4, -0.2) is 35.6 Å². The van der Waals surface area contributed by atoms with Gasteiger partial charge in [0, 0.05) is 26.6 Å². The van der Waals surface area contributed by atoms with E-state index < -0.39 is 0 Å². The van der Waals surface area contributed by atoms with E-state index in [-0.39, 0.29) is 12.5 Å². The molecule has 0 aromatic rings. The van der Waals surface area contributed by atoms with Crippen molar-refractivity contribution in [1.29, 1.82) is 0 Å². The summed E-state index contributed by atoms with van der Waals surface area (Å²) in [5.41, 5.74) is 0. The number of likely N-dealkylation sites (tertiary alicyclic amines) is 1. The van der Waals surface area contributed by atoms with E-state index in [2.05, 4.69) is 0 Å². The normalized spacial score (nSPS) is 25.3. The van der Waals surface area contributed by atoms with Gasteiger partial charge in [-0.05, 0) is 18.8 Å². The Kier molecular flexibility index (Phi) is 2.88. The molecular weight excluding hydrogens is 142 g/mol. The molecule has 0 bridgehead atoms. The molecular formula is C8H15NO2. The Morgan fingerprint density at radius 1 is 1.73 bits per heavy atom. The average Bonchev–Trinajstić information content (AvgIpc) is 2.05. The van der Waals surface area contributed by atoms with Crippen LogP contribution in [0.5, 0.6) is 0 Å². The van der Waals surface area contributed by atoms with E-state index in [1.165, 1.54) is 0 Å². The highest BCUT2D eigenvalue weighted by Gasteiger charge is 2.20. The summed E-state index contributed by atoms with van der Waals surface area (Å²) < 4.78 is 0. The monoisotopic (exact) mass is 157 g/mol. The number of hydrogen-bond donors (Lipinski definition) is 1. The standard InChI is InChI=1S/C8H15NO2/c1-7(11)9-4-2-3-8(5-9)6-10/h8,10H,2-6H2,1H3. The zero-order chi connectivity index (χ0) is 8.27. The van der Waals surface area contributed by atoms with Crippen LogP contribution in [0, 0.1) is 5.92 Å². The van der Waals surface area contributed by atoms with E-state index in [4.69, 9.17) is 5.11 Å². The summed E-state index contributed by atoms with van der Waals surface area (Å²) in [5, 5.41) is 8.85. The van der Waals surface area contributed by atoms with Gasteiger partial charge in [0.25, 0.3) is 0 Å². The molecule has 1 aliphatic rings. The first kappa shape index (κ1) is 8.53. The fourth-order valence-corrected chi connectivity index (χ4v) is 1.50. The fourth-order valence-electron chi connectivity index (χ4n) is 1.50. The van der Waals surface area contributed by atoms with E-state index >= 15 is 0 Å². The summed E-state index contributed by atoms with van der Waals surface area (Å²) >= 11 is 0. The Hall–Kier alpha value is -0.570. The second-order valence-corrected chi connectivity index (χ2v) is 3.16. The molecule has 1 amide bonds. The van der Waals surface area contributed by atoms with Crippen molar-refractivity contribution in [2.75, 3.05) is 19.7 Å². The quantitative estimate of drug-likeness (QED) is 0.592. The second kappa shape index (κ2) is 3.72. The van der Waals surface area contributed by atoms with Crippen LogP contribution >= 0.6 is 0 Å². The summed E-state index contributed by atoms with van der Waals surface area (Å²) in [6, 6.07) is 0. The predicted molar refractivity (Wildman–Crippen MR) is 42.1 cm³/mol. The third-order valence-electron chi connectivity index (χ3n) is 2.22. The molecule has 0 radical (unpaired) electrons. The Morgan fingerprint density at radius 3 is 3.00 bits per heavy atom. The Balaban J connectivity index is 2.39. The first-order chi connectivity index (χ1) is 5.24. The van der Waals surface area contributed by atoms with E-state index in [1.807, 2.05) is 4.90 Å². The number of amides is 1. The minimum atomic E-state index is 0.128. The van der Waals surface area contributed by atoms with Crippen LogP contribution in [0.4, 0.5) is 0 Å². The molecule has 0 aliphatic carbocycles. The SMILES string of the molecule is CC(=O)N1CCCC(CO)C1. The molecule has 0 spiro atoms. The molecule has 3 nitrogen and oxygen atoms in total. The zero-order valence-corrected chi connectivity index (χ0v) is 6.92. The molecule has 1 N–H and O–H groups in total. The molecule has 1 unspecified atom stereocenters. The van der Waals surface area contributed by atoms with Gasteiger partial charge in [-0.25, -0.2) is 0 Å². The molecule has 1 heterocycles. The lowest BCUT2D eigenvalue weighted by Crippen LogP contribution is -2.39. The summed E-state index contributed by atoms with van der Waals surface area (Å²) in [6.45, 7) is 3.40. The van der Waals surface area contributed by atoms with Gasteiger partial charge >= 0.3 is 0 Å². The van der Waals surface area contributed by atoms with Crippen LogP contribution in [0.15, 0.2) is 0 Å². The smallest absolute Gasteiger partial charge is 0.219 e. The van der Waals surface area contributed by atoms with Crippen molar-refractivity contribution < 1.29 is 9.90 Å². The third kappa shape index (κ3) is 2.19. The van der Waals surface area contributed by atoms with Crippen molar-refractivity contribution in [2.45, 2.75) is 19.8 Å². The first-order valence-electron chi connectivity index (χ1n) is 4.10. The molecule has 3 heteroatoms. The lowest BCUT2D eigenvalue weighted by molar-refractivity contribution is -0.130. The Labute approximate surface area is 67.0 Å². The predicted octanol–water partition coefficient (Wildman–Crippen LogP) is 0.237. The van der Waals surface area contributed by atoms with Crippen LogP contribution in [0.1, 0.15) is 19.8 Å². The molecule has 1 rings (SSSR count). The summed E-state index contributed by atoms with van der Waals surface area (Å²) in [6.07, 6.45) is 2.09. The minimum Gasteiger partial charge on any atom is -0.396 e. The van der Waals surface area contributed by atoms with Gasteiger partial charge in [-0.2, -0.15) is 0 Å². The molecule has 0 aromatic heterocycles. The van der Waals surface area contributed by atoms with Crippen LogP contribution < -0.4 is 0 Å². The molecule has 0 saturated carbocycles. The Bertz CT molecular complexity index is 147. The molecule has 1 fully saturated rings. The molecule has 1 atom stereocenters. The van der Waals surface area contributed by atoms with E-state index in [9.17, 15) is 4.79 Å². The summed E-state index contributed by atoms with van der Waals surface area (Å²) in [7, 11) is 0. The molecule has 11 heavy (non-hydrogen) atoms. The topological polar surface area (TPSA) is 40.5 Å². The van der Waals surface area contributed by atoms with Crippen molar-refractivity contribution in [3.8, 4) is 0 Å². The van der Waals surface area contributed by atoms with Crippen molar-refractivity contribution in [2.24, 2.45) is 5.92 Å². The maximum Gasteiger partial charge on any atom is 0.219 e.